The molecular weight excluding hydrogens is 420 g/mol. The molecule has 0 spiro atoms. The highest BCUT2D eigenvalue weighted by Crippen LogP contribution is 2.38. The quantitative estimate of drug-likeness (QED) is 0.276. The fraction of sp³-hybridized carbons (Fsp3) is 0.125. The fourth-order valence-electron chi connectivity index (χ4n) is 3.35. The highest BCUT2D eigenvalue weighted by atomic mass is 16.6. The van der Waals surface area contributed by atoms with E-state index in [0.717, 1.165) is 5.56 Å². The number of nitro groups is 1. The third kappa shape index (κ3) is 5.04. The Morgan fingerprint density at radius 1 is 0.970 bits per heavy atom. The van der Waals surface area contributed by atoms with Gasteiger partial charge < -0.3 is 15.0 Å². The number of hydrogen-bond donors (Lipinski definition) is 1. The van der Waals surface area contributed by atoms with E-state index in [4.69, 9.17) is 4.74 Å². The van der Waals surface area contributed by atoms with Crippen LogP contribution in [0.4, 0.5) is 28.8 Å². The number of para-hydroxylation sites is 2. The summed E-state index contributed by atoms with van der Waals surface area (Å²) in [6, 6.07) is 22.2. The van der Waals surface area contributed by atoms with E-state index in [1.165, 1.54) is 6.33 Å². The van der Waals surface area contributed by atoms with E-state index >= 15 is 0 Å². The molecule has 0 atom stereocenters. The summed E-state index contributed by atoms with van der Waals surface area (Å²) in [5, 5.41) is 15.3. The third-order valence-electron chi connectivity index (χ3n) is 4.79. The van der Waals surface area contributed by atoms with Crippen molar-refractivity contribution in [1.82, 2.24) is 15.0 Å². The summed E-state index contributed by atoms with van der Waals surface area (Å²) >= 11 is 0. The van der Waals surface area contributed by atoms with Gasteiger partial charge in [0.15, 0.2) is 0 Å². The third-order valence-corrected chi connectivity index (χ3v) is 4.79. The van der Waals surface area contributed by atoms with Gasteiger partial charge in [-0.15, -0.1) is 0 Å². The Morgan fingerprint density at radius 3 is 2.45 bits per heavy atom. The van der Waals surface area contributed by atoms with E-state index in [1.807, 2.05) is 55.5 Å². The van der Waals surface area contributed by atoms with E-state index in [2.05, 4.69) is 20.3 Å². The van der Waals surface area contributed by atoms with Crippen LogP contribution in [0.25, 0.3) is 0 Å². The molecule has 0 unspecified atom stereocenters. The minimum Gasteiger partial charge on any atom is -0.492 e. The molecule has 166 valence electrons. The van der Waals surface area contributed by atoms with Crippen molar-refractivity contribution in [3.63, 3.8) is 0 Å². The summed E-state index contributed by atoms with van der Waals surface area (Å²) in [5.41, 5.74) is 1.26. The fourth-order valence-corrected chi connectivity index (χ4v) is 3.35. The molecule has 4 rings (SSSR count). The second kappa shape index (κ2) is 10.2. The van der Waals surface area contributed by atoms with Gasteiger partial charge >= 0.3 is 5.69 Å². The maximum atomic E-state index is 12.2. The Balaban J connectivity index is 1.81. The zero-order valence-electron chi connectivity index (χ0n) is 18.0. The van der Waals surface area contributed by atoms with Crippen LogP contribution < -0.4 is 15.0 Å². The number of ether oxygens (including phenoxy) is 1. The van der Waals surface area contributed by atoms with Gasteiger partial charge in [0.05, 0.1) is 23.8 Å². The van der Waals surface area contributed by atoms with Crippen molar-refractivity contribution in [3.8, 4) is 5.75 Å². The van der Waals surface area contributed by atoms with Crippen LogP contribution in [0.1, 0.15) is 12.5 Å². The van der Waals surface area contributed by atoms with Gasteiger partial charge in [-0.25, -0.2) is 15.0 Å². The summed E-state index contributed by atoms with van der Waals surface area (Å²) in [6.07, 6.45) is 2.94. The van der Waals surface area contributed by atoms with Crippen molar-refractivity contribution in [2.24, 2.45) is 0 Å². The zero-order valence-corrected chi connectivity index (χ0v) is 18.0. The maximum Gasteiger partial charge on any atom is 0.354 e. The van der Waals surface area contributed by atoms with Gasteiger partial charge in [0, 0.05) is 6.20 Å². The molecule has 0 aliphatic carbocycles. The number of aromatic nitrogens is 3. The Kier molecular flexibility index (Phi) is 6.70. The lowest BCUT2D eigenvalue weighted by Gasteiger charge is -2.23. The lowest BCUT2D eigenvalue weighted by molar-refractivity contribution is -0.383. The Morgan fingerprint density at radius 2 is 1.73 bits per heavy atom. The average molecular weight is 442 g/mol. The van der Waals surface area contributed by atoms with Gasteiger partial charge in [-0.3, -0.25) is 10.1 Å². The summed E-state index contributed by atoms with van der Waals surface area (Å²) in [6.45, 7) is 2.67. The standard InChI is InChI=1S/C24H22N6O3/c1-2-33-20-13-7-6-12-19(20)28-23-22(30(31)32)24(27-17-26-23)29(21-14-8-9-15-25-21)16-18-10-4-3-5-11-18/h3-15,17H,2,16H2,1H3,(H,26,27,28). The van der Waals surface area contributed by atoms with Crippen molar-refractivity contribution in [1.29, 1.82) is 0 Å². The molecular formula is C24H22N6O3. The van der Waals surface area contributed by atoms with Crippen LogP contribution in [0.15, 0.2) is 85.3 Å². The number of benzene rings is 2. The molecule has 0 bridgehead atoms. The van der Waals surface area contributed by atoms with E-state index in [1.54, 1.807) is 35.4 Å². The Hall–Kier alpha value is -4.53. The van der Waals surface area contributed by atoms with Crippen molar-refractivity contribution >= 4 is 28.8 Å². The Labute approximate surface area is 190 Å². The lowest BCUT2D eigenvalue weighted by atomic mass is 10.2. The van der Waals surface area contributed by atoms with Gasteiger partial charge in [0.25, 0.3) is 0 Å². The van der Waals surface area contributed by atoms with Gasteiger partial charge in [-0.05, 0) is 36.8 Å². The summed E-state index contributed by atoms with van der Waals surface area (Å²) in [7, 11) is 0. The molecule has 2 aromatic heterocycles. The molecule has 0 saturated carbocycles. The molecule has 33 heavy (non-hydrogen) atoms. The van der Waals surface area contributed by atoms with Crippen LogP contribution in [0.5, 0.6) is 5.75 Å². The number of hydrogen-bond acceptors (Lipinski definition) is 8. The first-order valence-corrected chi connectivity index (χ1v) is 10.4. The smallest absolute Gasteiger partial charge is 0.354 e. The molecule has 0 aliphatic heterocycles. The summed E-state index contributed by atoms with van der Waals surface area (Å²) < 4.78 is 5.64. The first-order valence-electron chi connectivity index (χ1n) is 10.4. The zero-order chi connectivity index (χ0) is 23.0. The molecule has 0 radical (unpaired) electrons. The number of rotatable bonds is 9. The van der Waals surface area contributed by atoms with Crippen LogP contribution in [0.2, 0.25) is 0 Å². The normalized spacial score (nSPS) is 10.5. The molecule has 2 heterocycles. The van der Waals surface area contributed by atoms with Crippen molar-refractivity contribution < 1.29 is 9.66 Å². The predicted octanol–water partition coefficient (Wildman–Crippen LogP) is 5.26. The van der Waals surface area contributed by atoms with E-state index in [-0.39, 0.29) is 17.3 Å². The molecule has 0 fully saturated rings. The molecule has 9 nitrogen and oxygen atoms in total. The van der Waals surface area contributed by atoms with Gasteiger partial charge in [0.1, 0.15) is 17.9 Å². The van der Waals surface area contributed by atoms with E-state index in [9.17, 15) is 10.1 Å². The number of nitrogens with one attached hydrogen (secondary N) is 1. The highest BCUT2D eigenvalue weighted by molar-refractivity contribution is 5.78. The molecule has 2 aromatic carbocycles. The van der Waals surface area contributed by atoms with Crippen molar-refractivity contribution in [2.75, 3.05) is 16.8 Å². The van der Waals surface area contributed by atoms with E-state index < -0.39 is 4.92 Å². The van der Waals surface area contributed by atoms with Crippen LogP contribution >= 0.6 is 0 Å². The molecule has 0 aliphatic rings. The monoisotopic (exact) mass is 442 g/mol. The first kappa shape index (κ1) is 21.7. The molecule has 1 N–H and O–H groups in total. The summed E-state index contributed by atoms with van der Waals surface area (Å²) in [4.78, 5) is 26.3. The van der Waals surface area contributed by atoms with Crippen LogP contribution in [-0.4, -0.2) is 26.5 Å². The van der Waals surface area contributed by atoms with Crippen LogP contribution in [0.3, 0.4) is 0 Å². The summed E-state index contributed by atoms with van der Waals surface area (Å²) in [5.74, 6) is 1.30. The van der Waals surface area contributed by atoms with Crippen molar-refractivity contribution in [3.05, 3.63) is 101 Å². The van der Waals surface area contributed by atoms with Gasteiger partial charge in [0.2, 0.25) is 11.6 Å². The minimum atomic E-state index is -0.484. The lowest BCUT2D eigenvalue weighted by Crippen LogP contribution is -2.21. The second-order valence-corrected chi connectivity index (χ2v) is 6.97. The minimum absolute atomic E-state index is 0.0612. The SMILES string of the molecule is CCOc1ccccc1Nc1ncnc(N(Cc2ccccc2)c2ccccn2)c1[N+](=O)[O-]. The largest absolute Gasteiger partial charge is 0.492 e. The van der Waals surface area contributed by atoms with Gasteiger partial charge in [-0.1, -0.05) is 48.5 Å². The number of nitrogens with zero attached hydrogens (tertiary/aromatic N) is 5. The molecule has 9 heteroatoms. The first-order chi connectivity index (χ1) is 16.2. The van der Waals surface area contributed by atoms with Crippen LogP contribution in [0, 0.1) is 10.1 Å². The van der Waals surface area contributed by atoms with Crippen molar-refractivity contribution in [2.45, 2.75) is 13.5 Å². The molecule has 0 saturated heterocycles. The Bertz CT molecular complexity index is 1220. The van der Waals surface area contributed by atoms with E-state index in [0.29, 0.717) is 30.4 Å². The highest BCUT2D eigenvalue weighted by Gasteiger charge is 2.29. The average Bonchev–Trinajstić information content (AvgIpc) is 2.85. The number of anilines is 4. The number of pyridine rings is 1. The molecule has 0 amide bonds. The topological polar surface area (TPSA) is 106 Å². The maximum absolute atomic E-state index is 12.2. The van der Waals surface area contributed by atoms with Gasteiger partial charge in [-0.2, -0.15) is 0 Å². The van der Waals surface area contributed by atoms with Crippen LogP contribution in [-0.2, 0) is 6.54 Å². The second-order valence-electron chi connectivity index (χ2n) is 6.97. The predicted molar refractivity (Wildman–Crippen MR) is 126 cm³/mol. The molecule has 4 aromatic rings.